The smallest absolute Gasteiger partial charge is 0.335 e. The van der Waals surface area contributed by atoms with Gasteiger partial charge in [-0.1, -0.05) is 61.0 Å². The van der Waals surface area contributed by atoms with Crippen molar-refractivity contribution in [3.63, 3.8) is 0 Å². The van der Waals surface area contributed by atoms with E-state index in [1.807, 2.05) is 50.3 Å². The Morgan fingerprint density at radius 2 is 1.72 bits per heavy atom. The monoisotopic (exact) mass is 413 g/mol. The summed E-state index contributed by atoms with van der Waals surface area (Å²) in [6.45, 7) is 5.80. The number of ether oxygens (including phenoxy) is 1. The standard InChI is InChI=1S/C23H27NO4S/c1-4-21-20(23(25)28-5-2)15-16-22(18-9-7-6-8-10-18)24(21)29(26,27)19-13-11-17(3)12-14-19/h6-15,21-22H,4-5,16H2,1-3H3/t21-,22?/m0/s1. The summed E-state index contributed by atoms with van der Waals surface area (Å²) in [5.74, 6) is -0.449. The van der Waals surface area contributed by atoms with Crippen LogP contribution < -0.4 is 0 Å². The van der Waals surface area contributed by atoms with E-state index in [0.717, 1.165) is 11.1 Å². The van der Waals surface area contributed by atoms with Crippen molar-refractivity contribution in [2.75, 3.05) is 6.61 Å². The molecule has 0 saturated heterocycles. The van der Waals surface area contributed by atoms with Crippen molar-refractivity contribution < 1.29 is 17.9 Å². The topological polar surface area (TPSA) is 63.7 Å². The van der Waals surface area contributed by atoms with E-state index in [1.54, 1.807) is 31.2 Å². The lowest BCUT2D eigenvalue weighted by molar-refractivity contribution is -0.139. The highest BCUT2D eigenvalue weighted by molar-refractivity contribution is 7.89. The lowest BCUT2D eigenvalue weighted by Gasteiger charge is -2.40. The van der Waals surface area contributed by atoms with Crippen molar-refractivity contribution >= 4 is 16.0 Å². The lowest BCUT2D eigenvalue weighted by Crippen LogP contribution is -2.47. The third-order valence-electron chi connectivity index (χ3n) is 5.21. The number of aryl methyl sites for hydroxylation is 1. The summed E-state index contributed by atoms with van der Waals surface area (Å²) in [4.78, 5) is 12.8. The van der Waals surface area contributed by atoms with Gasteiger partial charge in [0.05, 0.1) is 29.2 Å². The first-order valence-corrected chi connectivity index (χ1v) is 11.4. The van der Waals surface area contributed by atoms with Crippen LogP contribution >= 0.6 is 0 Å². The van der Waals surface area contributed by atoms with Gasteiger partial charge in [-0.15, -0.1) is 0 Å². The predicted octanol–water partition coefficient (Wildman–Crippen LogP) is 4.40. The molecule has 1 unspecified atom stereocenters. The highest BCUT2D eigenvalue weighted by atomic mass is 32.2. The third kappa shape index (κ3) is 4.28. The average molecular weight is 414 g/mol. The third-order valence-corrected chi connectivity index (χ3v) is 7.14. The molecule has 0 saturated carbocycles. The van der Waals surface area contributed by atoms with E-state index in [1.165, 1.54) is 4.31 Å². The Balaban J connectivity index is 2.14. The molecule has 2 atom stereocenters. The Morgan fingerprint density at radius 1 is 1.07 bits per heavy atom. The fraction of sp³-hybridized carbons (Fsp3) is 0.348. The van der Waals surface area contributed by atoms with E-state index < -0.39 is 22.0 Å². The number of carbonyl (C=O) groups excluding carboxylic acids is 1. The summed E-state index contributed by atoms with van der Waals surface area (Å²) in [6.07, 6.45) is 2.73. The van der Waals surface area contributed by atoms with E-state index in [4.69, 9.17) is 4.74 Å². The van der Waals surface area contributed by atoms with E-state index in [0.29, 0.717) is 18.4 Å². The largest absolute Gasteiger partial charge is 0.463 e. The highest BCUT2D eigenvalue weighted by Crippen LogP contribution is 2.40. The summed E-state index contributed by atoms with van der Waals surface area (Å²) in [7, 11) is -3.83. The maximum Gasteiger partial charge on any atom is 0.335 e. The van der Waals surface area contributed by atoms with Gasteiger partial charge in [0.25, 0.3) is 0 Å². The molecule has 0 radical (unpaired) electrons. The Hall–Kier alpha value is -2.44. The maximum atomic E-state index is 13.7. The van der Waals surface area contributed by atoms with Crippen molar-refractivity contribution in [2.24, 2.45) is 0 Å². The molecule has 2 aromatic carbocycles. The van der Waals surface area contributed by atoms with Gasteiger partial charge in [-0.25, -0.2) is 13.2 Å². The van der Waals surface area contributed by atoms with Crippen LogP contribution in [0.2, 0.25) is 0 Å². The van der Waals surface area contributed by atoms with Gasteiger partial charge in [0.2, 0.25) is 10.0 Å². The average Bonchev–Trinajstić information content (AvgIpc) is 2.73. The summed E-state index contributed by atoms with van der Waals surface area (Å²) >= 11 is 0. The number of carbonyl (C=O) groups is 1. The first-order valence-electron chi connectivity index (χ1n) is 9.92. The molecule has 2 aromatic rings. The van der Waals surface area contributed by atoms with Gasteiger partial charge in [0.15, 0.2) is 0 Å². The second-order valence-electron chi connectivity index (χ2n) is 7.11. The van der Waals surface area contributed by atoms with Crippen LogP contribution in [0.15, 0.2) is 71.1 Å². The maximum absolute atomic E-state index is 13.7. The molecule has 6 heteroatoms. The minimum Gasteiger partial charge on any atom is -0.463 e. The fourth-order valence-corrected chi connectivity index (χ4v) is 5.66. The molecule has 0 amide bonds. The minimum atomic E-state index is -3.83. The van der Waals surface area contributed by atoms with Gasteiger partial charge in [-0.2, -0.15) is 4.31 Å². The summed E-state index contributed by atoms with van der Waals surface area (Å²) in [5, 5.41) is 0. The van der Waals surface area contributed by atoms with Gasteiger partial charge in [0.1, 0.15) is 0 Å². The highest BCUT2D eigenvalue weighted by Gasteiger charge is 2.43. The van der Waals surface area contributed by atoms with Crippen LogP contribution in [-0.2, 0) is 19.6 Å². The van der Waals surface area contributed by atoms with E-state index in [2.05, 4.69) is 0 Å². The second kappa shape index (κ2) is 8.93. The van der Waals surface area contributed by atoms with Crippen LogP contribution in [0, 0.1) is 6.92 Å². The molecular formula is C23H27NO4S. The summed E-state index contributed by atoms with van der Waals surface area (Å²) in [6, 6.07) is 15.4. The zero-order valence-electron chi connectivity index (χ0n) is 17.0. The molecule has 0 fully saturated rings. The van der Waals surface area contributed by atoms with Crippen molar-refractivity contribution in [3.05, 3.63) is 77.4 Å². The number of hydrogen-bond donors (Lipinski definition) is 0. The second-order valence-corrected chi connectivity index (χ2v) is 8.96. The first kappa shape index (κ1) is 21.3. The van der Waals surface area contributed by atoms with Gasteiger partial charge in [-0.05, 0) is 44.4 Å². The molecule has 0 aromatic heterocycles. The van der Waals surface area contributed by atoms with Crippen LogP contribution in [0.1, 0.15) is 43.9 Å². The Bertz CT molecular complexity index is 981. The molecule has 1 aliphatic rings. The Morgan fingerprint density at radius 3 is 2.31 bits per heavy atom. The molecule has 0 N–H and O–H groups in total. The van der Waals surface area contributed by atoms with E-state index in [9.17, 15) is 13.2 Å². The minimum absolute atomic E-state index is 0.229. The van der Waals surface area contributed by atoms with E-state index in [-0.39, 0.29) is 17.5 Å². The molecule has 0 spiro atoms. The molecule has 1 aliphatic heterocycles. The molecule has 29 heavy (non-hydrogen) atoms. The normalized spacial score (nSPS) is 20.2. The van der Waals surface area contributed by atoms with Crippen LogP contribution in [0.25, 0.3) is 0 Å². The van der Waals surface area contributed by atoms with Crippen molar-refractivity contribution in [3.8, 4) is 0 Å². The van der Waals surface area contributed by atoms with Crippen LogP contribution in [0.3, 0.4) is 0 Å². The fourth-order valence-electron chi connectivity index (χ4n) is 3.79. The van der Waals surface area contributed by atoms with E-state index >= 15 is 0 Å². The van der Waals surface area contributed by atoms with Gasteiger partial charge in [0, 0.05) is 0 Å². The molecule has 154 valence electrons. The predicted molar refractivity (Wildman–Crippen MR) is 113 cm³/mol. The summed E-state index contributed by atoms with van der Waals surface area (Å²) < 4.78 is 34.2. The van der Waals surface area contributed by atoms with Crippen LogP contribution in [0.5, 0.6) is 0 Å². The first-order chi connectivity index (χ1) is 13.9. The van der Waals surface area contributed by atoms with Crippen molar-refractivity contribution in [2.45, 2.75) is 50.6 Å². The van der Waals surface area contributed by atoms with Gasteiger partial charge in [-0.3, -0.25) is 0 Å². The molecule has 3 rings (SSSR count). The van der Waals surface area contributed by atoms with Crippen molar-refractivity contribution in [1.82, 2.24) is 4.31 Å². The van der Waals surface area contributed by atoms with Gasteiger partial charge < -0.3 is 4.74 Å². The number of sulfonamides is 1. The zero-order chi connectivity index (χ0) is 21.0. The van der Waals surface area contributed by atoms with Crippen LogP contribution in [0.4, 0.5) is 0 Å². The zero-order valence-corrected chi connectivity index (χ0v) is 17.9. The number of hydrogen-bond acceptors (Lipinski definition) is 4. The Kier molecular flexibility index (Phi) is 6.55. The molecule has 1 heterocycles. The number of esters is 1. The lowest BCUT2D eigenvalue weighted by atomic mass is 9.92. The summed E-state index contributed by atoms with van der Waals surface area (Å²) in [5.41, 5.74) is 2.30. The Labute approximate surface area is 173 Å². The molecular weight excluding hydrogens is 386 g/mol. The number of rotatable bonds is 6. The quantitative estimate of drug-likeness (QED) is 0.659. The number of benzene rings is 2. The number of nitrogens with zero attached hydrogens (tertiary/aromatic N) is 1. The van der Waals surface area contributed by atoms with Crippen LogP contribution in [-0.4, -0.2) is 31.3 Å². The molecule has 0 bridgehead atoms. The van der Waals surface area contributed by atoms with Gasteiger partial charge >= 0.3 is 5.97 Å². The van der Waals surface area contributed by atoms with Crippen molar-refractivity contribution in [1.29, 1.82) is 0 Å². The SMILES string of the molecule is CCOC(=O)C1=CCC(c2ccccc2)N(S(=O)(=O)c2ccc(C)cc2)[C@H]1CC. The molecule has 0 aliphatic carbocycles. The molecule has 5 nitrogen and oxygen atoms in total.